The van der Waals surface area contributed by atoms with Gasteiger partial charge in [-0.3, -0.25) is 9.59 Å². The summed E-state index contributed by atoms with van der Waals surface area (Å²) in [6, 6.07) is 19.8. The molecule has 1 amide bonds. The van der Waals surface area contributed by atoms with Crippen molar-refractivity contribution in [2.24, 2.45) is 0 Å². The smallest absolute Gasteiger partial charge is 0.264 e. The van der Waals surface area contributed by atoms with Crippen LogP contribution in [0.4, 0.5) is 5.69 Å². The van der Waals surface area contributed by atoms with Gasteiger partial charge in [0.1, 0.15) is 0 Å². The Morgan fingerprint density at radius 2 is 1.73 bits per heavy atom. The minimum atomic E-state index is -1.93. The molecule has 3 aromatic carbocycles. The van der Waals surface area contributed by atoms with Crippen molar-refractivity contribution in [3.05, 3.63) is 99.6 Å². The summed E-state index contributed by atoms with van der Waals surface area (Å²) in [5.41, 5.74) is 2.65. The van der Waals surface area contributed by atoms with Crippen LogP contribution in [0.3, 0.4) is 0 Å². The predicted molar refractivity (Wildman–Crippen MR) is 118 cm³/mol. The number of ketones is 1. The molecule has 0 aliphatic carbocycles. The molecule has 5 heteroatoms. The quantitative estimate of drug-likeness (QED) is 0.594. The first-order chi connectivity index (χ1) is 14.3. The Kier molecular flexibility index (Phi) is 5.22. The zero-order valence-electron chi connectivity index (χ0n) is 16.9. The van der Waals surface area contributed by atoms with E-state index in [2.05, 4.69) is 6.07 Å². The molecule has 1 aliphatic rings. The number of nitrogens with zero attached hydrogens (tertiary/aromatic N) is 1. The van der Waals surface area contributed by atoms with Crippen LogP contribution in [-0.4, -0.2) is 16.8 Å². The van der Waals surface area contributed by atoms with Gasteiger partial charge in [-0.2, -0.15) is 0 Å². The normalized spacial score (nSPS) is 17.9. The van der Waals surface area contributed by atoms with E-state index in [1.807, 2.05) is 32.0 Å². The van der Waals surface area contributed by atoms with E-state index in [1.165, 1.54) is 0 Å². The molecule has 0 unspecified atom stereocenters. The summed E-state index contributed by atoms with van der Waals surface area (Å²) in [6.45, 7) is 4.35. The lowest BCUT2D eigenvalue weighted by Gasteiger charge is -2.23. The van der Waals surface area contributed by atoms with Crippen LogP contribution >= 0.6 is 11.6 Å². The number of fused-ring (bicyclic) bond motifs is 1. The number of amides is 1. The number of carbonyl (C=O) groups is 2. The molecule has 0 saturated carbocycles. The highest BCUT2D eigenvalue weighted by molar-refractivity contribution is 6.34. The lowest BCUT2D eigenvalue weighted by molar-refractivity contribution is -0.136. The standard InChI is InChI=1S/C25H22ClNO3/c1-16-11-12-18(17(2)13-16)15-27-22-10-6-4-8-20(22)25(30,24(27)29)14-23(28)19-7-3-5-9-21(19)26/h3-13,30H,14-15H2,1-2H3/t25-/m1/s1. The van der Waals surface area contributed by atoms with Crippen molar-refractivity contribution < 1.29 is 14.7 Å². The highest BCUT2D eigenvalue weighted by Gasteiger charge is 2.50. The molecule has 0 radical (unpaired) electrons. The van der Waals surface area contributed by atoms with Gasteiger partial charge in [-0.05, 0) is 43.2 Å². The van der Waals surface area contributed by atoms with E-state index in [-0.39, 0.29) is 12.2 Å². The molecule has 3 aromatic rings. The Hall–Kier alpha value is -2.95. The Labute approximate surface area is 180 Å². The minimum absolute atomic E-state index is 0.297. The number of benzene rings is 3. The molecule has 152 valence electrons. The molecule has 0 saturated heterocycles. The summed E-state index contributed by atoms with van der Waals surface area (Å²) in [5.74, 6) is -0.872. The molecule has 0 spiro atoms. The number of aliphatic hydroxyl groups is 1. The van der Waals surface area contributed by atoms with Crippen molar-refractivity contribution in [3.8, 4) is 0 Å². The molecule has 1 aliphatic heterocycles. The van der Waals surface area contributed by atoms with Crippen LogP contribution in [0.15, 0.2) is 66.7 Å². The first-order valence-electron chi connectivity index (χ1n) is 9.79. The lowest BCUT2D eigenvalue weighted by Crippen LogP contribution is -2.41. The van der Waals surface area contributed by atoms with Gasteiger partial charge in [-0.25, -0.2) is 0 Å². The summed E-state index contributed by atoms with van der Waals surface area (Å²) in [5, 5.41) is 11.7. The summed E-state index contributed by atoms with van der Waals surface area (Å²) < 4.78 is 0. The third-order valence-corrected chi connectivity index (χ3v) is 5.99. The summed E-state index contributed by atoms with van der Waals surface area (Å²) in [7, 11) is 0. The zero-order valence-corrected chi connectivity index (χ0v) is 17.6. The monoisotopic (exact) mass is 419 g/mol. The number of Topliss-reactive ketones (excluding diaryl/α,β-unsaturated/α-hetero) is 1. The molecule has 0 bridgehead atoms. The molecule has 1 N–H and O–H groups in total. The van der Waals surface area contributed by atoms with Crippen molar-refractivity contribution in [1.82, 2.24) is 0 Å². The highest BCUT2D eigenvalue weighted by atomic mass is 35.5. The van der Waals surface area contributed by atoms with E-state index in [4.69, 9.17) is 11.6 Å². The molecule has 1 heterocycles. The van der Waals surface area contributed by atoms with Crippen molar-refractivity contribution in [3.63, 3.8) is 0 Å². The lowest BCUT2D eigenvalue weighted by atomic mass is 9.88. The third kappa shape index (κ3) is 3.42. The second-order valence-electron chi connectivity index (χ2n) is 7.78. The predicted octanol–water partition coefficient (Wildman–Crippen LogP) is 4.96. The van der Waals surface area contributed by atoms with E-state index in [1.54, 1.807) is 47.4 Å². The largest absolute Gasteiger partial charge is 0.375 e. The third-order valence-electron chi connectivity index (χ3n) is 5.66. The van der Waals surface area contributed by atoms with Crippen molar-refractivity contribution in [2.45, 2.75) is 32.4 Å². The second kappa shape index (κ2) is 7.71. The number of halogens is 1. The number of carbonyl (C=O) groups excluding carboxylic acids is 2. The zero-order chi connectivity index (χ0) is 21.5. The van der Waals surface area contributed by atoms with Crippen LogP contribution in [-0.2, 0) is 16.9 Å². The van der Waals surface area contributed by atoms with Crippen molar-refractivity contribution >= 4 is 29.0 Å². The number of hydrogen-bond donors (Lipinski definition) is 1. The van der Waals surface area contributed by atoms with Crippen LogP contribution in [0, 0.1) is 13.8 Å². The average molecular weight is 420 g/mol. The van der Waals surface area contributed by atoms with Crippen LogP contribution < -0.4 is 4.90 Å². The molecular weight excluding hydrogens is 398 g/mol. The first-order valence-corrected chi connectivity index (χ1v) is 10.2. The van der Waals surface area contributed by atoms with Crippen molar-refractivity contribution in [1.29, 1.82) is 0 Å². The van der Waals surface area contributed by atoms with Gasteiger partial charge in [-0.1, -0.05) is 65.7 Å². The van der Waals surface area contributed by atoms with Crippen LogP contribution in [0.2, 0.25) is 5.02 Å². The van der Waals surface area contributed by atoms with Gasteiger partial charge in [0.25, 0.3) is 5.91 Å². The number of para-hydroxylation sites is 1. The van der Waals surface area contributed by atoms with E-state index >= 15 is 0 Å². The summed E-state index contributed by atoms with van der Waals surface area (Å²) in [6.07, 6.45) is -0.365. The number of aryl methyl sites for hydroxylation is 2. The summed E-state index contributed by atoms with van der Waals surface area (Å²) >= 11 is 6.15. The van der Waals surface area contributed by atoms with Gasteiger partial charge in [-0.15, -0.1) is 0 Å². The molecule has 0 aromatic heterocycles. The fourth-order valence-corrected chi connectivity index (χ4v) is 4.28. The SMILES string of the molecule is Cc1ccc(CN2C(=O)[C@@](O)(CC(=O)c3ccccc3Cl)c3ccccc32)c(C)c1. The van der Waals surface area contributed by atoms with E-state index in [9.17, 15) is 14.7 Å². The average Bonchev–Trinajstić information content (AvgIpc) is 2.92. The number of rotatable bonds is 5. The van der Waals surface area contributed by atoms with Crippen molar-refractivity contribution in [2.75, 3.05) is 4.90 Å². The topological polar surface area (TPSA) is 57.6 Å². The fourth-order valence-electron chi connectivity index (χ4n) is 4.04. The maximum Gasteiger partial charge on any atom is 0.264 e. The Balaban J connectivity index is 1.70. The van der Waals surface area contributed by atoms with E-state index < -0.39 is 11.5 Å². The van der Waals surface area contributed by atoms with Gasteiger partial charge in [0.15, 0.2) is 11.4 Å². The Bertz CT molecular complexity index is 1160. The number of anilines is 1. The van der Waals surface area contributed by atoms with E-state index in [0.29, 0.717) is 28.4 Å². The Morgan fingerprint density at radius 3 is 2.47 bits per heavy atom. The molecule has 0 fully saturated rings. The maximum absolute atomic E-state index is 13.4. The van der Waals surface area contributed by atoms with E-state index in [0.717, 1.165) is 16.7 Å². The molecular formula is C25H22ClNO3. The molecule has 4 nitrogen and oxygen atoms in total. The van der Waals surface area contributed by atoms with Gasteiger partial charge in [0.05, 0.1) is 23.7 Å². The van der Waals surface area contributed by atoms with Gasteiger partial charge in [0.2, 0.25) is 0 Å². The minimum Gasteiger partial charge on any atom is -0.375 e. The van der Waals surface area contributed by atoms with Gasteiger partial charge in [0, 0.05) is 11.1 Å². The summed E-state index contributed by atoms with van der Waals surface area (Å²) in [4.78, 5) is 27.9. The van der Waals surface area contributed by atoms with Crippen LogP contribution in [0.1, 0.15) is 39.0 Å². The molecule has 30 heavy (non-hydrogen) atoms. The van der Waals surface area contributed by atoms with Crippen LogP contribution in [0.25, 0.3) is 0 Å². The number of hydrogen-bond acceptors (Lipinski definition) is 3. The highest BCUT2D eigenvalue weighted by Crippen LogP contribution is 2.44. The van der Waals surface area contributed by atoms with Gasteiger partial charge >= 0.3 is 0 Å². The molecule has 4 rings (SSSR count). The van der Waals surface area contributed by atoms with Gasteiger partial charge < -0.3 is 10.0 Å². The second-order valence-corrected chi connectivity index (χ2v) is 8.19. The Morgan fingerprint density at radius 1 is 1.03 bits per heavy atom. The fraction of sp³-hybridized carbons (Fsp3) is 0.200. The first kappa shape index (κ1) is 20.3. The van der Waals surface area contributed by atoms with Crippen LogP contribution in [0.5, 0.6) is 0 Å². The molecule has 1 atom stereocenters. The maximum atomic E-state index is 13.4.